The van der Waals surface area contributed by atoms with E-state index in [0.717, 1.165) is 5.66 Å². The highest BCUT2D eigenvalue weighted by Gasteiger charge is 2.07. The third-order valence-corrected chi connectivity index (χ3v) is 4.30. The fraction of sp³-hybridized carbons (Fsp3) is 1.00. The summed E-state index contributed by atoms with van der Waals surface area (Å²) in [5, 5.41) is 0. The van der Waals surface area contributed by atoms with Crippen LogP contribution in [0, 0.1) is 0 Å². The van der Waals surface area contributed by atoms with Crippen molar-refractivity contribution in [3.63, 3.8) is 0 Å². The zero-order chi connectivity index (χ0) is 6.53. The predicted octanol–water partition coefficient (Wildman–Crippen LogP) is 3.43. The lowest BCUT2D eigenvalue weighted by molar-refractivity contribution is 0.702. The lowest BCUT2D eigenvalue weighted by Gasteiger charge is -2.04. The molecule has 1 unspecified atom stereocenters. The van der Waals surface area contributed by atoms with Crippen molar-refractivity contribution in [2.45, 2.75) is 44.2 Å². The van der Waals surface area contributed by atoms with Crippen LogP contribution in [-0.2, 0) is 11.8 Å². The summed E-state index contributed by atoms with van der Waals surface area (Å²) in [5.74, 6) is 0. The molecule has 11 heavy (non-hydrogen) atoms. The van der Waals surface area contributed by atoms with Gasteiger partial charge in [0.25, 0.3) is 0 Å². The molecule has 1 aliphatic carbocycles. The Bertz CT molecular complexity index is 92.4. The maximum absolute atomic E-state index is 5.12. The number of rotatable bonds is 1. The van der Waals surface area contributed by atoms with Crippen LogP contribution in [0.2, 0.25) is 0 Å². The minimum Gasteiger partial charge on any atom is -0.147 e. The largest absolute Gasteiger partial charge is 0.147 e. The molecule has 0 aromatic rings. The van der Waals surface area contributed by atoms with Gasteiger partial charge in [-0.2, -0.15) is 0 Å². The van der Waals surface area contributed by atoms with Crippen LogP contribution in [0.4, 0.5) is 0 Å². The second-order valence-electron chi connectivity index (χ2n) is 2.89. The molecule has 0 aromatic carbocycles. The molecular formula is C7H17Cl2PS. The first-order chi connectivity index (χ1) is 4.43. The van der Waals surface area contributed by atoms with E-state index in [4.69, 9.17) is 11.8 Å². The highest BCUT2D eigenvalue weighted by atomic mass is 35.5. The first-order valence-corrected chi connectivity index (χ1v) is 6.44. The maximum atomic E-state index is 5.12. The molecule has 0 aromatic heterocycles. The Labute approximate surface area is 88.2 Å². The van der Waals surface area contributed by atoms with Gasteiger partial charge in [0.15, 0.2) is 0 Å². The van der Waals surface area contributed by atoms with E-state index in [-0.39, 0.29) is 24.8 Å². The highest BCUT2D eigenvalue weighted by Crippen LogP contribution is 2.25. The minimum atomic E-state index is 0. The zero-order valence-electron chi connectivity index (χ0n) is 6.62. The van der Waals surface area contributed by atoms with E-state index >= 15 is 0 Å². The molecule has 0 radical (unpaired) electrons. The van der Waals surface area contributed by atoms with Crippen molar-refractivity contribution in [2.75, 3.05) is 0 Å². The molecule has 0 amide bonds. The molecular weight excluding hydrogens is 218 g/mol. The van der Waals surface area contributed by atoms with Crippen LogP contribution in [0.5, 0.6) is 0 Å². The Morgan fingerprint density at radius 1 is 0.909 bits per heavy atom. The van der Waals surface area contributed by atoms with Crippen LogP contribution in [0.3, 0.4) is 0 Å². The van der Waals surface area contributed by atoms with E-state index in [1.54, 1.807) is 0 Å². The Kier molecular flexibility index (Phi) is 12.5. The lowest BCUT2D eigenvalue weighted by Crippen LogP contribution is -1.93. The van der Waals surface area contributed by atoms with Crippen LogP contribution >= 0.6 is 32.2 Å². The summed E-state index contributed by atoms with van der Waals surface area (Å²) in [6.07, 6.45) is 8.72. The third-order valence-electron chi connectivity index (χ3n) is 2.09. The maximum Gasteiger partial charge on any atom is -0.0169 e. The summed E-state index contributed by atoms with van der Waals surface area (Å²) in [6.45, 7) is 0. The van der Waals surface area contributed by atoms with E-state index in [1.165, 1.54) is 38.5 Å². The van der Waals surface area contributed by atoms with E-state index in [2.05, 4.69) is 0 Å². The summed E-state index contributed by atoms with van der Waals surface area (Å²) in [5.41, 5.74) is 0.975. The van der Waals surface area contributed by atoms with Gasteiger partial charge in [-0.1, -0.05) is 33.0 Å². The van der Waals surface area contributed by atoms with Crippen molar-refractivity contribution >= 4 is 44.0 Å². The summed E-state index contributed by atoms with van der Waals surface area (Å²) < 4.78 is 0. The second-order valence-corrected chi connectivity index (χ2v) is 4.92. The smallest absolute Gasteiger partial charge is 0.0169 e. The van der Waals surface area contributed by atoms with Crippen molar-refractivity contribution in [3.05, 3.63) is 0 Å². The molecule has 0 bridgehead atoms. The Morgan fingerprint density at radius 3 is 1.73 bits per heavy atom. The van der Waals surface area contributed by atoms with Crippen molar-refractivity contribution in [1.29, 1.82) is 0 Å². The van der Waals surface area contributed by atoms with Crippen LogP contribution in [0.25, 0.3) is 0 Å². The monoisotopic (exact) mass is 234 g/mol. The van der Waals surface area contributed by atoms with Gasteiger partial charge in [0, 0.05) is 0 Å². The van der Waals surface area contributed by atoms with E-state index in [9.17, 15) is 0 Å². The molecule has 1 fully saturated rings. The van der Waals surface area contributed by atoms with Gasteiger partial charge in [0.1, 0.15) is 0 Å². The van der Waals surface area contributed by atoms with Gasteiger partial charge in [-0.05, 0) is 18.5 Å². The molecule has 1 rings (SSSR count). The Hall–Kier alpha value is 1.23. The summed E-state index contributed by atoms with van der Waals surface area (Å²) in [6, 6.07) is 0. The van der Waals surface area contributed by atoms with Crippen molar-refractivity contribution in [1.82, 2.24) is 0 Å². The van der Waals surface area contributed by atoms with Crippen molar-refractivity contribution in [3.8, 4) is 0 Å². The molecule has 1 saturated carbocycles. The third kappa shape index (κ3) is 6.40. The zero-order valence-corrected chi connectivity index (χ0v) is 10.2. The van der Waals surface area contributed by atoms with Gasteiger partial charge in [-0.25, -0.2) is 0 Å². The topological polar surface area (TPSA) is 0 Å². The molecule has 1 atom stereocenters. The van der Waals surface area contributed by atoms with E-state index in [1.807, 2.05) is 0 Å². The van der Waals surface area contributed by atoms with E-state index in [0.29, 0.717) is 7.36 Å². The quantitative estimate of drug-likeness (QED) is 0.495. The van der Waals surface area contributed by atoms with Gasteiger partial charge in [0.2, 0.25) is 0 Å². The van der Waals surface area contributed by atoms with Gasteiger partial charge < -0.3 is 0 Å². The van der Waals surface area contributed by atoms with Crippen LogP contribution in [0.15, 0.2) is 0 Å². The average molecular weight is 235 g/mol. The standard InChI is InChI=1S/C7H15PS.2ClH/c9-8-7-5-3-1-2-4-6-7;;/h7H,1-6,8H2;2*1H. The van der Waals surface area contributed by atoms with E-state index < -0.39 is 0 Å². The molecule has 4 heteroatoms. The Balaban J connectivity index is 0. The molecule has 0 spiro atoms. The van der Waals surface area contributed by atoms with Gasteiger partial charge >= 0.3 is 0 Å². The van der Waals surface area contributed by atoms with Crippen LogP contribution in [0.1, 0.15) is 38.5 Å². The number of halogens is 2. The van der Waals surface area contributed by atoms with Crippen molar-refractivity contribution in [2.24, 2.45) is 0 Å². The van der Waals surface area contributed by atoms with Crippen LogP contribution in [-0.4, -0.2) is 5.66 Å². The van der Waals surface area contributed by atoms with Gasteiger partial charge in [-0.3, -0.25) is 0 Å². The fourth-order valence-corrected chi connectivity index (χ4v) is 3.01. The highest BCUT2D eigenvalue weighted by molar-refractivity contribution is 7.96. The molecule has 70 valence electrons. The molecule has 0 nitrogen and oxygen atoms in total. The number of hydrogen-bond donors (Lipinski definition) is 0. The average Bonchev–Trinajstić information content (AvgIpc) is 2.13. The lowest BCUT2D eigenvalue weighted by atomic mass is 10.2. The summed E-state index contributed by atoms with van der Waals surface area (Å²) in [4.78, 5) is 0. The minimum absolute atomic E-state index is 0. The first-order valence-electron chi connectivity index (χ1n) is 3.89. The van der Waals surface area contributed by atoms with Gasteiger partial charge in [0.05, 0.1) is 0 Å². The van der Waals surface area contributed by atoms with Gasteiger partial charge in [-0.15, -0.1) is 36.6 Å². The normalized spacial score (nSPS) is 20.4. The summed E-state index contributed by atoms with van der Waals surface area (Å²) in [7, 11) is 0.358. The molecule has 1 aliphatic rings. The van der Waals surface area contributed by atoms with Crippen molar-refractivity contribution < 1.29 is 0 Å². The number of hydrogen-bond acceptors (Lipinski definition) is 1. The molecule has 0 saturated heterocycles. The van der Waals surface area contributed by atoms with Crippen LogP contribution < -0.4 is 0 Å². The molecule has 0 aliphatic heterocycles. The first kappa shape index (κ1) is 14.7. The summed E-state index contributed by atoms with van der Waals surface area (Å²) >= 11 is 5.12. The molecule has 0 heterocycles. The molecule has 0 N–H and O–H groups in total. The predicted molar refractivity (Wildman–Crippen MR) is 63.1 cm³/mol. The fourth-order valence-electron chi connectivity index (χ4n) is 1.45. The second kappa shape index (κ2) is 9.32. The Morgan fingerprint density at radius 2 is 1.36 bits per heavy atom. The SMILES string of the molecule is Cl.Cl.S=[PH2]C1CCCCCC1.